The molecule has 1 aromatic heterocycles. The summed E-state index contributed by atoms with van der Waals surface area (Å²) in [7, 11) is 0. The van der Waals surface area contributed by atoms with E-state index in [1.54, 1.807) is 25.3 Å². The Kier molecular flexibility index (Phi) is 4.14. The molecule has 0 atom stereocenters. The summed E-state index contributed by atoms with van der Waals surface area (Å²) in [5, 5.41) is 14.2. The zero-order valence-electron chi connectivity index (χ0n) is 11.7. The average molecular weight is 275 g/mol. The molecule has 0 aliphatic rings. The third-order valence-corrected chi connectivity index (χ3v) is 2.90. The molecule has 0 bridgehead atoms. The fourth-order valence-corrected chi connectivity index (χ4v) is 1.77. The second-order valence-electron chi connectivity index (χ2n) is 4.94. The van der Waals surface area contributed by atoms with Crippen LogP contribution in [0, 0.1) is 17.0 Å². The van der Waals surface area contributed by atoms with Crippen molar-refractivity contribution in [2.24, 2.45) is 0 Å². The van der Waals surface area contributed by atoms with Gasteiger partial charge in [0.25, 0.3) is 5.69 Å². The smallest absolute Gasteiger partial charge is 0.273 e. The predicted molar refractivity (Wildman–Crippen MR) is 75.3 cm³/mol. The molecule has 1 N–H and O–H groups in total. The first kappa shape index (κ1) is 14.2. The van der Waals surface area contributed by atoms with Gasteiger partial charge in [-0.15, -0.1) is 0 Å². The summed E-state index contributed by atoms with van der Waals surface area (Å²) in [5.74, 6) is 0.397. The van der Waals surface area contributed by atoms with E-state index in [4.69, 9.17) is 4.42 Å². The van der Waals surface area contributed by atoms with Crippen molar-refractivity contribution in [1.82, 2.24) is 10.3 Å². The monoisotopic (exact) mass is 275 g/mol. The average Bonchev–Trinajstić information content (AvgIpc) is 2.85. The van der Waals surface area contributed by atoms with E-state index in [9.17, 15) is 10.1 Å². The van der Waals surface area contributed by atoms with Crippen LogP contribution in [0.25, 0.3) is 11.5 Å². The summed E-state index contributed by atoms with van der Waals surface area (Å²) >= 11 is 0. The van der Waals surface area contributed by atoms with E-state index >= 15 is 0 Å². The van der Waals surface area contributed by atoms with Crippen molar-refractivity contribution >= 4 is 5.69 Å². The Morgan fingerprint density at radius 2 is 2.20 bits per heavy atom. The van der Waals surface area contributed by atoms with Crippen LogP contribution in [0.15, 0.2) is 28.9 Å². The highest BCUT2D eigenvalue weighted by Crippen LogP contribution is 2.26. The predicted octanol–water partition coefficient (Wildman–Crippen LogP) is 3.06. The normalized spacial score (nSPS) is 11.0. The zero-order chi connectivity index (χ0) is 14.7. The zero-order valence-corrected chi connectivity index (χ0v) is 11.7. The Labute approximate surface area is 117 Å². The first-order valence-electron chi connectivity index (χ1n) is 6.40. The summed E-state index contributed by atoms with van der Waals surface area (Å²) in [4.78, 5) is 14.9. The Hall–Kier alpha value is -2.21. The molecule has 0 amide bonds. The number of benzene rings is 1. The molecule has 0 radical (unpaired) electrons. The summed E-state index contributed by atoms with van der Waals surface area (Å²) in [6.45, 7) is 6.40. The molecule has 2 aromatic rings. The second kappa shape index (κ2) is 5.83. The fraction of sp³-hybridized carbons (Fsp3) is 0.357. The van der Waals surface area contributed by atoms with E-state index in [0.29, 0.717) is 29.6 Å². The van der Waals surface area contributed by atoms with E-state index in [0.717, 1.165) is 5.69 Å². The molecule has 0 aliphatic carbocycles. The van der Waals surface area contributed by atoms with Gasteiger partial charge in [-0.3, -0.25) is 10.1 Å². The number of hydrogen-bond acceptors (Lipinski definition) is 5. The van der Waals surface area contributed by atoms with Gasteiger partial charge >= 0.3 is 0 Å². The van der Waals surface area contributed by atoms with E-state index in [1.807, 2.05) is 13.8 Å². The third kappa shape index (κ3) is 3.21. The van der Waals surface area contributed by atoms with Crippen LogP contribution in [-0.4, -0.2) is 15.9 Å². The highest BCUT2D eigenvalue weighted by molar-refractivity contribution is 5.60. The fourth-order valence-electron chi connectivity index (χ4n) is 1.77. The molecule has 6 heteroatoms. The van der Waals surface area contributed by atoms with Gasteiger partial charge < -0.3 is 9.73 Å². The van der Waals surface area contributed by atoms with E-state index < -0.39 is 4.92 Å². The van der Waals surface area contributed by atoms with Gasteiger partial charge in [-0.1, -0.05) is 19.9 Å². The van der Waals surface area contributed by atoms with Gasteiger partial charge in [0.15, 0.2) is 0 Å². The van der Waals surface area contributed by atoms with Crippen LogP contribution in [0.2, 0.25) is 0 Å². The van der Waals surface area contributed by atoms with Crippen molar-refractivity contribution in [2.45, 2.75) is 33.4 Å². The van der Waals surface area contributed by atoms with Crippen LogP contribution >= 0.6 is 0 Å². The minimum atomic E-state index is -0.400. The number of nitro groups is 1. The van der Waals surface area contributed by atoms with E-state index in [-0.39, 0.29) is 5.69 Å². The van der Waals surface area contributed by atoms with Gasteiger partial charge in [-0.05, 0) is 13.0 Å². The Morgan fingerprint density at radius 1 is 1.45 bits per heavy atom. The number of nitro benzene ring substituents is 1. The molecule has 0 saturated heterocycles. The number of nitrogens with one attached hydrogen (secondary N) is 1. The van der Waals surface area contributed by atoms with Crippen molar-refractivity contribution in [3.05, 3.63) is 45.8 Å². The van der Waals surface area contributed by atoms with Crippen molar-refractivity contribution in [2.75, 3.05) is 0 Å². The van der Waals surface area contributed by atoms with E-state index in [1.165, 1.54) is 6.07 Å². The molecular weight excluding hydrogens is 258 g/mol. The molecule has 2 rings (SSSR count). The summed E-state index contributed by atoms with van der Waals surface area (Å²) < 4.78 is 5.38. The van der Waals surface area contributed by atoms with Gasteiger partial charge in [0.1, 0.15) is 6.26 Å². The summed E-state index contributed by atoms with van der Waals surface area (Å²) in [6, 6.07) is 5.31. The van der Waals surface area contributed by atoms with Crippen LogP contribution in [0.4, 0.5) is 5.69 Å². The first-order chi connectivity index (χ1) is 9.47. The van der Waals surface area contributed by atoms with Gasteiger partial charge in [-0.2, -0.15) is 0 Å². The molecule has 0 saturated carbocycles. The number of aryl methyl sites for hydroxylation is 1. The van der Waals surface area contributed by atoms with Crippen molar-refractivity contribution in [1.29, 1.82) is 0 Å². The lowest BCUT2D eigenvalue weighted by molar-refractivity contribution is -0.385. The Balaban J connectivity index is 2.24. The molecule has 0 fully saturated rings. The maximum Gasteiger partial charge on any atom is 0.273 e. The van der Waals surface area contributed by atoms with Crippen molar-refractivity contribution in [3.63, 3.8) is 0 Å². The number of nitrogens with zero attached hydrogens (tertiary/aromatic N) is 2. The lowest BCUT2D eigenvalue weighted by Crippen LogP contribution is -2.21. The molecule has 106 valence electrons. The summed E-state index contributed by atoms with van der Waals surface area (Å²) in [5.41, 5.74) is 2.07. The molecule has 0 spiro atoms. The number of aromatic nitrogens is 1. The highest BCUT2D eigenvalue weighted by Gasteiger charge is 2.14. The number of rotatable bonds is 5. The minimum absolute atomic E-state index is 0.0718. The topological polar surface area (TPSA) is 81.2 Å². The van der Waals surface area contributed by atoms with E-state index in [2.05, 4.69) is 10.3 Å². The maximum atomic E-state index is 10.9. The molecule has 1 aromatic carbocycles. The maximum absolute atomic E-state index is 10.9. The van der Waals surface area contributed by atoms with Crippen molar-refractivity contribution in [3.8, 4) is 11.5 Å². The van der Waals surface area contributed by atoms with Crippen LogP contribution < -0.4 is 5.32 Å². The molecule has 1 heterocycles. The van der Waals surface area contributed by atoms with Gasteiger partial charge in [0.05, 0.1) is 10.6 Å². The lowest BCUT2D eigenvalue weighted by Gasteiger charge is -2.04. The Bertz CT molecular complexity index is 620. The molecule has 0 aliphatic heterocycles. The second-order valence-corrected chi connectivity index (χ2v) is 4.94. The van der Waals surface area contributed by atoms with Crippen molar-refractivity contribution < 1.29 is 9.34 Å². The van der Waals surface area contributed by atoms with Crippen LogP contribution in [0.1, 0.15) is 25.1 Å². The van der Waals surface area contributed by atoms with Crippen LogP contribution in [-0.2, 0) is 6.54 Å². The quantitative estimate of drug-likeness (QED) is 0.670. The van der Waals surface area contributed by atoms with Crippen LogP contribution in [0.5, 0.6) is 0 Å². The van der Waals surface area contributed by atoms with Gasteiger partial charge in [0, 0.05) is 29.8 Å². The molecule has 20 heavy (non-hydrogen) atoms. The van der Waals surface area contributed by atoms with Crippen LogP contribution in [0.3, 0.4) is 0 Å². The van der Waals surface area contributed by atoms with Gasteiger partial charge in [-0.25, -0.2) is 4.98 Å². The highest BCUT2D eigenvalue weighted by atomic mass is 16.6. The summed E-state index contributed by atoms with van der Waals surface area (Å²) in [6.07, 6.45) is 1.57. The Morgan fingerprint density at radius 3 is 2.85 bits per heavy atom. The minimum Gasteiger partial charge on any atom is -0.444 e. The standard InChI is InChI=1S/C14H17N3O3/c1-9(2)15-7-12-8-20-14(16-12)11-5-4-10(3)13(6-11)17(18)19/h4-6,8-9,15H,7H2,1-3H3. The van der Waals surface area contributed by atoms with Gasteiger partial charge in [0.2, 0.25) is 5.89 Å². The SMILES string of the molecule is Cc1ccc(-c2nc(CNC(C)C)co2)cc1[N+](=O)[O-]. The first-order valence-corrected chi connectivity index (χ1v) is 6.40. The molecule has 6 nitrogen and oxygen atoms in total. The number of oxazole rings is 1. The molecular formula is C14H17N3O3. The third-order valence-electron chi connectivity index (χ3n) is 2.90. The lowest BCUT2D eigenvalue weighted by atomic mass is 10.1. The number of hydrogen-bond donors (Lipinski definition) is 1. The largest absolute Gasteiger partial charge is 0.444 e. The molecule has 0 unspecified atom stereocenters.